The highest BCUT2D eigenvalue weighted by atomic mass is 32.1. The van der Waals surface area contributed by atoms with Crippen molar-refractivity contribution >= 4 is 17.2 Å². The zero-order valence-corrected chi connectivity index (χ0v) is 13.6. The molecule has 0 atom stereocenters. The summed E-state index contributed by atoms with van der Waals surface area (Å²) in [6.07, 6.45) is 3.33. The van der Waals surface area contributed by atoms with E-state index in [0.29, 0.717) is 36.2 Å². The summed E-state index contributed by atoms with van der Waals surface area (Å²) < 4.78 is 5.32. The standard InChI is InChI=1S/C16H15N5O2S/c22-16(13-9-24-10-18-13)21-7-4-11(5-8-21)14-19-15(23-20-14)12-3-1-2-6-17-12/h1-3,6,9-11H,4-5,7-8H2. The molecule has 122 valence electrons. The van der Waals surface area contributed by atoms with E-state index in [1.807, 2.05) is 23.1 Å². The molecule has 8 heteroatoms. The predicted molar refractivity (Wildman–Crippen MR) is 87.5 cm³/mol. The van der Waals surface area contributed by atoms with Gasteiger partial charge in [-0.15, -0.1) is 11.3 Å². The summed E-state index contributed by atoms with van der Waals surface area (Å²) in [7, 11) is 0. The molecule has 0 spiro atoms. The average Bonchev–Trinajstić information content (AvgIpc) is 3.34. The van der Waals surface area contributed by atoms with Gasteiger partial charge in [0.25, 0.3) is 11.8 Å². The van der Waals surface area contributed by atoms with E-state index in [0.717, 1.165) is 12.8 Å². The molecule has 0 unspecified atom stereocenters. The molecule has 0 radical (unpaired) electrons. The molecule has 1 aliphatic rings. The van der Waals surface area contributed by atoms with Crippen molar-refractivity contribution in [2.75, 3.05) is 13.1 Å². The van der Waals surface area contributed by atoms with Crippen molar-refractivity contribution in [3.8, 4) is 11.6 Å². The lowest BCUT2D eigenvalue weighted by molar-refractivity contribution is 0.0705. The maximum absolute atomic E-state index is 12.3. The molecule has 1 amide bonds. The molecule has 1 fully saturated rings. The first-order valence-electron chi connectivity index (χ1n) is 7.74. The lowest BCUT2D eigenvalue weighted by Crippen LogP contribution is -2.38. The zero-order chi connectivity index (χ0) is 16.4. The van der Waals surface area contributed by atoms with Gasteiger partial charge in [-0.3, -0.25) is 9.78 Å². The fourth-order valence-corrected chi connectivity index (χ4v) is 3.34. The van der Waals surface area contributed by atoms with E-state index in [4.69, 9.17) is 4.52 Å². The molecule has 0 aromatic carbocycles. The Morgan fingerprint density at radius 3 is 2.83 bits per heavy atom. The molecule has 0 aliphatic carbocycles. The summed E-state index contributed by atoms with van der Waals surface area (Å²) in [6, 6.07) is 5.57. The molecule has 1 saturated heterocycles. The van der Waals surface area contributed by atoms with Gasteiger partial charge in [0.2, 0.25) is 0 Å². The van der Waals surface area contributed by atoms with Crippen LogP contribution in [0, 0.1) is 0 Å². The predicted octanol–water partition coefficient (Wildman–Crippen LogP) is 2.61. The van der Waals surface area contributed by atoms with Crippen LogP contribution >= 0.6 is 11.3 Å². The van der Waals surface area contributed by atoms with Crippen molar-refractivity contribution in [2.24, 2.45) is 0 Å². The summed E-state index contributed by atoms with van der Waals surface area (Å²) in [6.45, 7) is 1.35. The second-order valence-electron chi connectivity index (χ2n) is 5.61. The van der Waals surface area contributed by atoms with Crippen LogP contribution in [0.3, 0.4) is 0 Å². The number of amides is 1. The van der Waals surface area contributed by atoms with E-state index in [1.54, 1.807) is 17.1 Å². The van der Waals surface area contributed by atoms with Crippen molar-refractivity contribution in [1.29, 1.82) is 0 Å². The van der Waals surface area contributed by atoms with E-state index < -0.39 is 0 Å². The van der Waals surface area contributed by atoms with Crippen LogP contribution < -0.4 is 0 Å². The zero-order valence-electron chi connectivity index (χ0n) is 12.8. The number of piperidine rings is 1. The summed E-state index contributed by atoms with van der Waals surface area (Å²) in [5, 5.41) is 5.88. The van der Waals surface area contributed by atoms with Crippen molar-refractivity contribution in [3.63, 3.8) is 0 Å². The fraction of sp³-hybridized carbons (Fsp3) is 0.312. The smallest absolute Gasteiger partial charge is 0.276 e. The van der Waals surface area contributed by atoms with Crippen molar-refractivity contribution in [2.45, 2.75) is 18.8 Å². The number of hydrogen-bond acceptors (Lipinski definition) is 7. The third kappa shape index (κ3) is 2.92. The van der Waals surface area contributed by atoms with Gasteiger partial charge in [-0.25, -0.2) is 4.98 Å². The van der Waals surface area contributed by atoms with Crippen LogP contribution in [0.1, 0.15) is 35.1 Å². The number of likely N-dealkylation sites (tertiary alicyclic amines) is 1. The van der Waals surface area contributed by atoms with Gasteiger partial charge in [0.15, 0.2) is 5.82 Å². The van der Waals surface area contributed by atoms with Crippen LogP contribution in [-0.4, -0.2) is 44.0 Å². The lowest BCUT2D eigenvalue weighted by Gasteiger charge is -2.30. The molecule has 4 rings (SSSR count). The van der Waals surface area contributed by atoms with Gasteiger partial charge in [0, 0.05) is 30.6 Å². The van der Waals surface area contributed by atoms with Gasteiger partial charge < -0.3 is 9.42 Å². The third-order valence-corrected chi connectivity index (χ3v) is 4.71. The molecule has 3 aromatic heterocycles. The normalized spacial score (nSPS) is 15.6. The number of rotatable bonds is 3. The van der Waals surface area contributed by atoms with Crippen LogP contribution in [0.4, 0.5) is 0 Å². The summed E-state index contributed by atoms with van der Waals surface area (Å²) in [4.78, 5) is 26.9. The van der Waals surface area contributed by atoms with Gasteiger partial charge in [0.05, 0.1) is 5.51 Å². The van der Waals surface area contributed by atoms with Gasteiger partial charge in [-0.05, 0) is 25.0 Å². The maximum Gasteiger partial charge on any atom is 0.276 e. The topological polar surface area (TPSA) is 85.0 Å². The first-order chi connectivity index (χ1) is 11.8. The maximum atomic E-state index is 12.3. The second kappa shape index (κ2) is 6.48. The Morgan fingerprint density at radius 1 is 1.25 bits per heavy atom. The molecule has 1 aliphatic heterocycles. The molecular formula is C16H15N5O2S. The minimum absolute atomic E-state index is 0.00279. The molecular weight excluding hydrogens is 326 g/mol. The van der Waals surface area contributed by atoms with Gasteiger partial charge >= 0.3 is 0 Å². The molecule has 0 saturated carbocycles. The molecule has 7 nitrogen and oxygen atoms in total. The highest BCUT2D eigenvalue weighted by Gasteiger charge is 2.28. The molecule has 0 bridgehead atoms. The monoisotopic (exact) mass is 341 g/mol. The Bertz CT molecular complexity index is 810. The number of thiazole rings is 1. The second-order valence-corrected chi connectivity index (χ2v) is 6.33. The minimum atomic E-state index is -0.00279. The number of pyridine rings is 1. The number of carbonyl (C=O) groups is 1. The lowest BCUT2D eigenvalue weighted by atomic mass is 9.96. The quantitative estimate of drug-likeness (QED) is 0.728. The molecule has 24 heavy (non-hydrogen) atoms. The number of carbonyl (C=O) groups excluding carboxylic acids is 1. The largest absolute Gasteiger partial charge is 0.337 e. The van der Waals surface area contributed by atoms with Crippen LogP contribution in [0.25, 0.3) is 11.6 Å². The first kappa shape index (κ1) is 14.9. The van der Waals surface area contributed by atoms with Crippen molar-refractivity contribution in [3.05, 3.63) is 46.8 Å². The highest BCUT2D eigenvalue weighted by Crippen LogP contribution is 2.28. The highest BCUT2D eigenvalue weighted by molar-refractivity contribution is 7.07. The Kier molecular flexibility index (Phi) is 4.04. The Morgan fingerprint density at radius 2 is 2.12 bits per heavy atom. The molecule has 4 heterocycles. The molecule has 3 aromatic rings. The van der Waals surface area contributed by atoms with E-state index in [9.17, 15) is 4.79 Å². The number of nitrogens with zero attached hydrogens (tertiary/aromatic N) is 5. The van der Waals surface area contributed by atoms with E-state index >= 15 is 0 Å². The summed E-state index contributed by atoms with van der Waals surface area (Å²) in [5.41, 5.74) is 2.88. The van der Waals surface area contributed by atoms with Crippen LogP contribution in [0.2, 0.25) is 0 Å². The third-order valence-electron chi connectivity index (χ3n) is 4.12. The van der Waals surface area contributed by atoms with E-state index in [2.05, 4.69) is 20.1 Å². The SMILES string of the molecule is O=C(c1cscn1)N1CCC(c2noc(-c3ccccn3)n2)CC1. The Labute approximate surface area is 142 Å². The number of hydrogen-bond donors (Lipinski definition) is 0. The minimum Gasteiger partial charge on any atom is -0.337 e. The first-order valence-corrected chi connectivity index (χ1v) is 8.68. The summed E-state index contributed by atoms with van der Waals surface area (Å²) in [5.74, 6) is 1.32. The van der Waals surface area contributed by atoms with Crippen LogP contribution in [-0.2, 0) is 0 Å². The number of aromatic nitrogens is 4. The fourth-order valence-electron chi connectivity index (χ4n) is 2.81. The average molecular weight is 341 g/mol. The Balaban J connectivity index is 1.41. The van der Waals surface area contributed by atoms with Gasteiger partial charge in [0.1, 0.15) is 11.4 Å². The van der Waals surface area contributed by atoms with E-state index in [-0.39, 0.29) is 11.8 Å². The van der Waals surface area contributed by atoms with Gasteiger partial charge in [-0.1, -0.05) is 11.2 Å². The van der Waals surface area contributed by atoms with Crippen LogP contribution in [0.15, 0.2) is 39.8 Å². The Hall–Kier alpha value is -2.61. The van der Waals surface area contributed by atoms with E-state index in [1.165, 1.54) is 11.3 Å². The van der Waals surface area contributed by atoms with Crippen LogP contribution in [0.5, 0.6) is 0 Å². The van der Waals surface area contributed by atoms with Crippen molar-refractivity contribution < 1.29 is 9.32 Å². The molecule has 0 N–H and O–H groups in total. The van der Waals surface area contributed by atoms with Gasteiger partial charge in [-0.2, -0.15) is 4.98 Å². The summed E-state index contributed by atoms with van der Waals surface area (Å²) >= 11 is 1.43. The van der Waals surface area contributed by atoms with Crippen molar-refractivity contribution in [1.82, 2.24) is 25.0 Å².